The van der Waals surface area contributed by atoms with E-state index in [4.69, 9.17) is 25.4 Å². The summed E-state index contributed by atoms with van der Waals surface area (Å²) in [5.41, 5.74) is 11.1. The number of nitrogens with zero attached hydrogens (tertiary/aromatic N) is 7. The number of benzene rings is 1. The molecule has 1 aliphatic rings. The lowest BCUT2D eigenvalue weighted by Crippen LogP contribution is -2.37. The van der Waals surface area contributed by atoms with Gasteiger partial charge in [-0.3, -0.25) is 14.2 Å². The predicted octanol–water partition coefficient (Wildman–Crippen LogP) is 4.14. The van der Waals surface area contributed by atoms with Gasteiger partial charge in [0.05, 0.1) is 48.6 Å². The van der Waals surface area contributed by atoms with Gasteiger partial charge >= 0.3 is 6.16 Å². The topological polar surface area (TPSA) is 142 Å². The third-order valence-electron chi connectivity index (χ3n) is 6.65. The fraction of sp³-hybridized carbons (Fsp3) is 0.200. The first-order chi connectivity index (χ1) is 20.6. The number of anilines is 1. The Morgan fingerprint density at radius 3 is 2.67 bits per heavy atom. The number of rotatable bonds is 7. The molecule has 0 saturated carbocycles. The van der Waals surface area contributed by atoms with Gasteiger partial charge in [0.1, 0.15) is 5.69 Å². The van der Waals surface area contributed by atoms with Crippen LogP contribution in [0.1, 0.15) is 24.0 Å². The fourth-order valence-electron chi connectivity index (χ4n) is 4.59. The zero-order valence-electron chi connectivity index (χ0n) is 22.9. The number of aromatic nitrogens is 5. The average molecular weight is 565 g/mol. The summed E-state index contributed by atoms with van der Waals surface area (Å²) in [5, 5.41) is 4.69. The van der Waals surface area contributed by atoms with E-state index in [9.17, 15) is 4.79 Å². The van der Waals surface area contributed by atoms with Crippen LogP contribution in [0.5, 0.6) is 0 Å². The van der Waals surface area contributed by atoms with Crippen LogP contribution in [0.3, 0.4) is 0 Å². The first-order valence-corrected chi connectivity index (χ1v) is 13.5. The van der Waals surface area contributed by atoms with Crippen LogP contribution in [0.25, 0.3) is 40.0 Å². The molecule has 0 atom stereocenters. The number of carbonyl (C=O) groups excluding carboxylic acids is 1. The summed E-state index contributed by atoms with van der Waals surface area (Å²) >= 11 is 0. The molecule has 212 valence electrons. The molecule has 5 aromatic rings. The minimum absolute atomic E-state index is 0.0575. The second kappa shape index (κ2) is 12.0. The first kappa shape index (κ1) is 26.8. The SMILES string of the molecule is CCOC(=O)ON=C(N)c1ccc(-c2cnc(N3CCOCC3)c3nc(C=Cc4ccc5ccccc5n4)cn23)cn1. The quantitative estimate of drug-likeness (QED) is 0.101. The van der Waals surface area contributed by atoms with Gasteiger partial charge in [0.2, 0.25) is 0 Å². The zero-order valence-corrected chi connectivity index (χ0v) is 22.9. The number of imidazole rings is 1. The molecule has 1 saturated heterocycles. The van der Waals surface area contributed by atoms with E-state index < -0.39 is 6.16 Å². The van der Waals surface area contributed by atoms with Gasteiger partial charge in [-0.25, -0.2) is 19.7 Å². The maximum atomic E-state index is 11.4. The molecule has 1 fully saturated rings. The Kier molecular flexibility index (Phi) is 7.68. The number of oxime groups is 1. The van der Waals surface area contributed by atoms with Gasteiger partial charge in [-0.05, 0) is 43.3 Å². The number of ether oxygens (including phenoxy) is 2. The highest BCUT2D eigenvalue weighted by molar-refractivity contribution is 5.95. The van der Waals surface area contributed by atoms with Gasteiger partial charge in [0.25, 0.3) is 0 Å². The summed E-state index contributed by atoms with van der Waals surface area (Å²) in [6, 6.07) is 15.6. The van der Waals surface area contributed by atoms with Crippen LogP contribution in [0.4, 0.5) is 10.6 Å². The van der Waals surface area contributed by atoms with Crippen molar-refractivity contribution in [2.45, 2.75) is 6.92 Å². The van der Waals surface area contributed by atoms with Gasteiger partial charge in [-0.15, -0.1) is 0 Å². The summed E-state index contributed by atoms with van der Waals surface area (Å²) < 4.78 is 12.2. The molecule has 6 rings (SSSR count). The van der Waals surface area contributed by atoms with Crippen molar-refractivity contribution in [3.8, 4) is 11.3 Å². The minimum Gasteiger partial charge on any atom is -0.433 e. The monoisotopic (exact) mass is 564 g/mol. The zero-order chi connectivity index (χ0) is 28.9. The molecule has 0 spiro atoms. The second-order valence-electron chi connectivity index (χ2n) is 9.37. The van der Waals surface area contributed by atoms with E-state index >= 15 is 0 Å². The smallest absolute Gasteiger partial charge is 0.433 e. The molecule has 12 nitrogen and oxygen atoms in total. The van der Waals surface area contributed by atoms with Crippen LogP contribution in [0.2, 0.25) is 0 Å². The average Bonchev–Trinajstić information content (AvgIpc) is 3.47. The molecule has 4 aromatic heterocycles. The maximum Gasteiger partial charge on any atom is 0.535 e. The van der Waals surface area contributed by atoms with Crippen molar-refractivity contribution in [2.75, 3.05) is 37.8 Å². The molecule has 42 heavy (non-hydrogen) atoms. The number of pyridine rings is 2. The van der Waals surface area contributed by atoms with Crippen LogP contribution in [-0.4, -0.2) is 69.2 Å². The Labute approximate surface area is 241 Å². The van der Waals surface area contributed by atoms with E-state index in [-0.39, 0.29) is 12.4 Å². The lowest BCUT2D eigenvalue weighted by molar-refractivity contribution is 0.0612. The Morgan fingerprint density at radius 2 is 1.86 bits per heavy atom. The largest absolute Gasteiger partial charge is 0.535 e. The van der Waals surface area contributed by atoms with Gasteiger partial charge in [-0.2, -0.15) is 0 Å². The van der Waals surface area contributed by atoms with E-state index in [1.165, 1.54) is 0 Å². The molecule has 2 N–H and O–H groups in total. The molecule has 1 aromatic carbocycles. The predicted molar refractivity (Wildman–Crippen MR) is 159 cm³/mol. The first-order valence-electron chi connectivity index (χ1n) is 13.5. The third-order valence-corrected chi connectivity index (χ3v) is 6.65. The Bertz CT molecular complexity index is 1790. The maximum absolute atomic E-state index is 11.4. The Hall–Kier alpha value is -5.36. The summed E-state index contributed by atoms with van der Waals surface area (Å²) in [6.45, 7) is 4.54. The number of fused-ring (bicyclic) bond motifs is 2. The number of hydrogen-bond donors (Lipinski definition) is 1. The summed E-state index contributed by atoms with van der Waals surface area (Å²) in [6.07, 6.45) is 8.38. The molecule has 0 aliphatic carbocycles. The van der Waals surface area contributed by atoms with Gasteiger partial charge in [0, 0.05) is 36.4 Å². The number of carbonyl (C=O) groups is 1. The van der Waals surface area contributed by atoms with E-state index in [1.54, 1.807) is 25.4 Å². The summed E-state index contributed by atoms with van der Waals surface area (Å²) in [4.78, 5) is 37.1. The van der Waals surface area contributed by atoms with E-state index in [1.807, 2.05) is 59.1 Å². The second-order valence-corrected chi connectivity index (χ2v) is 9.37. The van der Waals surface area contributed by atoms with Crippen molar-refractivity contribution in [1.82, 2.24) is 24.3 Å². The summed E-state index contributed by atoms with van der Waals surface area (Å²) in [7, 11) is 0. The molecule has 0 bridgehead atoms. The number of amidine groups is 1. The van der Waals surface area contributed by atoms with Crippen molar-refractivity contribution in [3.05, 3.63) is 84.2 Å². The lowest BCUT2D eigenvalue weighted by Gasteiger charge is -2.28. The van der Waals surface area contributed by atoms with Crippen molar-refractivity contribution in [3.63, 3.8) is 0 Å². The number of nitrogens with two attached hydrogens (primary N) is 1. The third kappa shape index (κ3) is 5.74. The van der Waals surface area contributed by atoms with Crippen LogP contribution < -0.4 is 10.6 Å². The molecule has 0 amide bonds. The number of morpholine rings is 1. The number of para-hydroxylation sites is 1. The molecule has 0 unspecified atom stereocenters. The Balaban J connectivity index is 1.33. The van der Waals surface area contributed by atoms with E-state index in [2.05, 4.69) is 30.7 Å². The highest BCUT2D eigenvalue weighted by Gasteiger charge is 2.20. The van der Waals surface area contributed by atoms with Crippen LogP contribution in [0, 0.1) is 0 Å². The van der Waals surface area contributed by atoms with Crippen molar-refractivity contribution in [2.24, 2.45) is 10.9 Å². The van der Waals surface area contributed by atoms with Crippen molar-refractivity contribution < 1.29 is 19.1 Å². The highest BCUT2D eigenvalue weighted by Crippen LogP contribution is 2.27. The highest BCUT2D eigenvalue weighted by atomic mass is 16.8. The standard InChI is InChI=1S/C30H28N8O4/c1-2-41-30(39)42-36-27(31)25-12-8-21(17-32-25)26-18-33-28(37-13-15-40-16-14-37)29-35-23(19-38(26)29)11-10-22-9-7-20-5-3-4-6-24(20)34-22/h3-12,17-19H,2,13-16H2,1H3,(H2,31,36). The van der Waals surface area contributed by atoms with Crippen molar-refractivity contribution >= 4 is 46.5 Å². The molecule has 0 radical (unpaired) electrons. The Morgan fingerprint density at radius 1 is 1.02 bits per heavy atom. The van der Waals surface area contributed by atoms with E-state index in [0.717, 1.165) is 52.5 Å². The van der Waals surface area contributed by atoms with Gasteiger partial charge < -0.3 is 20.1 Å². The normalized spacial score (nSPS) is 14.1. The molecule has 12 heteroatoms. The van der Waals surface area contributed by atoms with E-state index in [0.29, 0.717) is 24.6 Å². The fourth-order valence-corrected chi connectivity index (χ4v) is 4.59. The van der Waals surface area contributed by atoms with Gasteiger partial charge in [0.15, 0.2) is 17.3 Å². The van der Waals surface area contributed by atoms with Crippen LogP contribution in [-0.2, 0) is 14.3 Å². The molecule has 1 aliphatic heterocycles. The van der Waals surface area contributed by atoms with Crippen molar-refractivity contribution in [1.29, 1.82) is 0 Å². The van der Waals surface area contributed by atoms with Crippen LogP contribution in [0.15, 0.2) is 72.3 Å². The molecular formula is C30H28N8O4. The number of hydrogen-bond acceptors (Lipinski definition) is 10. The molecule has 5 heterocycles. The lowest BCUT2D eigenvalue weighted by atomic mass is 10.2. The van der Waals surface area contributed by atoms with Gasteiger partial charge in [-0.1, -0.05) is 29.4 Å². The molecular weight excluding hydrogens is 536 g/mol. The summed E-state index contributed by atoms with van der Waals surface area (Å²) in [5.74, 6) is 0.723. The van der Waals surface area contributed by atoms with Crippen LogP contribution >= 0.6 is 0 Å². The minimum atomic E-state index is -0.938.